The van der Waals surface area contributed by atoms with Gasteiger partial charge in [0.05, 0.1) is 6.61 Å². The van der Waals surface area contributed by atoms with Crippen LogP contribution in [0, 0.1) is 0 Å². The van der Waals surface area contributed by atoms with Crippen LogP contribution in [0.4, 0.5) is 0 Å². The maximum Gasteiger partial charge on any atom is 0.231 e. The van der Waals surface area contributed by atoms with E-state index < -0.39 is 0 Å². The van der Waals surface area contributed by atoms with E-state index >= 15 is 0 Å². The Morgan fingerprint density at radius 3 is 3.00 bits per heavy atom. The van der Waals surface area contributed by atoms with Crippen LogP contribution in [0.15, 0.2) is 6.07 Å². The Morgan fingerprint density at radius 2 is 2.13 bits per heavy atom. The van der Waals surface area contributed by atoms with Gasteiger partial charge in [-0.3, -0.25) is 0 Å². The third kappa shape index (κ3) is 1.25. The Hall–Kier alpha value is -1.42. The third-order valence-corrected chi connectivity index (χ3v) is 2.80. The van der Waals surface area contributed by atoms with E-state index in [-0.39, 0.29) is 0 Å². The lowest BCUT2D eigenvalue weighted by molar-refractivity contribution is 0.173. The average molecular weight is 207 g/mol. The molecule has 0 unspecified atom stereocenters. The number of rotatable bonds is 2. The van der Waals surface area contributed by atoms with Gasteiger partial charge in [0.2, 0.25) is 6.79 Å². The molecule has 1 aromatic rings. The molecule has 2 N–H and O–H groups in total. The molecule has 15 heavy (non-hydrogen) atoms. The van der Waals surface area contributed by atoms with E-state index in [1.54, 1.807) is 0 Å². The monoisotopic (exact) mass is 207 g/mol. The highest BCUT2D eigenvalue weighted by Gasteiger charge is 2.27. The van der Waals surface area contributed by atoms with Crippen molar-refractivity contribution in [2.24, 2.45) is 5.73 Å². The van der Waals surface area contributed by atoms with E-state index in [1.807, 2.05) is 6.07 Å². The first-order valence-corrected chi connectivity index (χ1v) is 5.17. The minimum Gasteiger partial charge on any atom is -0.493 e. The second-order valence-electron chi connectivity index (χ2n) is 3.71. The zero-order chi connectivity index (χ0) is 10.3. The van der Waals surface area contributed by atoms with Crippen LogP contribution in [0.1, 0.15) is 11.1 Å². The molecule has 80 valence electrons. The molecule has 4 heteroatoms. The van der Waals surface area contributed by atoms with Crippen LogP contribution in [0.3, 0.4) is 0 Å². The normalized spacial score (nSPS) is 16.3. The third-order valence-electron chi connectivity index (χ3n) is 2.80. The lowest BCUT2D eigenvalue weighted by atomic mass is 10.0. The van der Waals surface area contributed by atoms with Crippen molar-refractivity contribution in [1.29, 1.82) is 0 Å². The summed E-state index contributed by atoms with van der Waals surface area (Å²) in [6.07, 6.45) is 1.72. The molecule has 0 bridgehead atoms. The quantitative estimate of drug-likeness (QED) is 0.781. The SMILES string of the molecule is NCCc1c2c(cc3c1OCO3)CCO2. The van der Waals surface area contributed by atoms with Crippen LogP contribution in [0.5, 0.6) is 17.2 Å². The van der Waals surface area contributed by atoms with E-state index in [1.165, 1.54) is 5.56 Å². The molecule has 1 aromatic carbocycles. The van der Waals surface area contributed by atoms with Crippen molar-refractivity contribution in [3.63, 3.8) is 0 Å². The molecular weight excluding hydrogens is 194 g/mol. The molecule has 0 aromatic heterocycles. The summed E-state index contributed by atoms with van der Waals surface area (Å²) in [4.78, 5) is 0. The zero-order valence-electron chi connectivity index (χ0n) is 8.41. The molecule has 2 aliphatic heterocycles. The lowest BCUT2D eigenvalue weighted by Crippen LogP contribution is -2.05. The summed E-state index contributed by atoms with van der Waals surface area (Å²) >= 11 is 0. The van der Waals surface area contributed by atoms with Crippen LogP contribution < -0.4 is 19.9 Å². The van der Waals surface area contributed by atoms with Crippen molar-refractivity contribution in [2.75, 3.05) is 19.9 Å². The van der Waals surface area contributed by atoms with Gasteiger partial charge in [-0.25, -0.2) is 0 Å². The highest BCUT2D eigenvalue weighted by atomic mass is 16.7. The average Bonchev–Trinajstić information content (AvgIpc) is 2.84. The predicted octanol–water partition coefficient (Wildman–Crippen LogP) is 0.851. The molecular formula is C11H13NO3. The van der Waals surface area contributed by atoms with Gasteiger partial charge < -0.3 is 19.9 Å². The highest BCUT2D eigenvalue weighted by Crippen LogP contribution is 2.45. The molecule has 0 spiro atoms. The molecule has 0 saturated carbocycles. The van der Waals surface area contributed by atoms with Gasteiger partial charge in [0.1, 0.15) is 5.75 Å². The molecule has 4 nitrogen and oxygen atoms in total. The molecule has 3 rings (SSSR count). The number of hydrogen-bond acceptors (Lipinski definition) is 4. The van der Waals surface area contributed by atoms with Crippen molar-refractivity contribution in [2.45, 2.75) is 12.8 Å². The van der Waals surface area contributed by atoms with Gasteiger partial charge in [0.15, 0.2) is 11.5 Å². The second-order valence-corrected chi connectivity index (χ2v) is 3.71. The van der Waals surface area contributed by atoms with E-state index in [0.29, 0.717) is 13.3 Å². The van der Waals surface area contributed by atoms with E-state index in [9.17, 15) is 0 Å². The number of nitrogens with two attached hydrogens (primary N) is 1. The van der Waals surface area contributed by atoms with Gasteiger partial charge in [0, 0.05) is 17.5 Å². The number of hydrogen-bond donors (Lipinski definition) is 1. The summed E-state index contributed by atoms with van der Waals surface area (Å²) in [5, 5.41) is 0. The van der Waals surface area contributed by atoms with E-state index in [4.69, 9.17) is 19.9 Å². The second kappa shape index (κ2) is 3.31. The molecule has 0 saturated heterocycles. The Bertz CT molecular complexity index is 371. The Kier molecular flexibility index (Phi) is 1.95. The summed E-state index contributed by atoms with van der Waals surface area (Å²) in [5.41, 5.74) is 7.88. The first kappa shape index (κ1) is 8.85. The number of ether oxygens (including phenoxy) is 3. The summed E-state index contributed by atoms with van der Waals surface area (Å²) in [6, 6.07) is 2.02. The van der Waals surface area contributed by atoms with Gasteiger partial charge in [-0.1, -0.05) is 0 Å². The zero-order valence-corrected chi connectivity index (χ0v) is 8.41. The Labute approximate surface area is 87.9 Å². The standard InChI is InChI=1S/C11H13NO3/c12-3-1-8-10-7(2-4-13-10)5-9-11(8)15-6-14-9/h5H,1-4,6,12H2. The first-order chi connectivity index (χ1) is 7.40. The van der Waals surface area contributed by atoms with Gasteiger partial charge in [-0.2, -0.15) is 0 Å². The molecule has 0 aliphatic carbocycles. The van der Waals surface area contributed by atoms with Gasteiger partial charge >= 0.3 is 0 Å². The molecule has 0 radical (unpaired) electrons. The molecule has 2 aliphatic rings. The highest BCUT2D eigenvalue weighted by molar-refractivity contribution is 5.60. The fourth-order valence-electron chi connectivity index (χ4n) is 2.15. The molecule has 2 heterocycles. The van der Waals surface area contributed by atoms with Gasteiger partial charge in [-0.05, 0) is 19.0 Å². The largest absolute Gasteiger partial charge is 0.493 e. The first-order valence-electron chi connectivity index (χ1n) is 5.17. The van der Waals surface area contributed by atoms with E-state index in [0.717, 1.165) is 42.3 Å². The molecule has 0 atom stereocenters. The smallest absolute Gasteiger partial charge is 0.231 e. The van der Waals surface area contributed by atoms with Crippen LogP contribution in [0.2, 0.25) is 0 Å². The lowest BCUT2D eigenvalue weighted by Gasteiger charge is -2.10. The summed E-state index contributed by atoms with van der Waals surface area (Å²) in [6.45, 7) is 1.64. The number of benzene rings is 1. The maximum atomic E-state index is 5.62. The van der Waals surface area contributed by atoms with Crippen LogP contribution >= 0.6 is 0 Å². The van der Waals surface area contributed by atoms with Gasteiger partial charge in [-0.15, -0.1) is 0 Å². The van der Waals surface area contributed by atoms with Crippen molar-refractivity contribution >= 4 is 0 Å². The fourth-order valence-corrected chi connectivity index (χ4v) is 2.15. The van der Waals surface area contributed by atoms with Crippen LogP contribution in [0.25, 0.3) is 0 Å². The molecule has 0 fully saturated rings. The fraction of sp³-hybridized carbons (Fsp3) is 0.455. The predicted molar refractivity (Wildman–Crippen MR) is 54.5 cm³/mol. The summed E-state index contributed by atoms with van der Waals surface area (Å²) in [5.74, 6) is 2.62. The minimum absolute atomic E-state index is 0.301. The molecule has 0 amide bonds. The van der Waals surface area contributed by atoms with Crippen molar-refractivity contribution in [3.8, 4) is 17.2 Å². The summed E-state index contributed by atoms with van der Waals surface area (Å²) < 4.78 is 16.5. The van der Waals surface area contributed by atoms with Gasteiger partial charge in [0.25, 0.3) is 0 Å². The topological polar surface area (TPSA) is 53.7 Å². The van der Waals surface area contributed by atoms with Crippen molar-refractivity contribution < 1.29 is 14.2 Å². The van der Waals surface area contributed by atoms with Crippen LogP contribution in [-0.2, 0) is 12.8 Å². The van der Waals surface area contributed by atoms with Crippen molar-refractivity contribution in [1.82, 2.24) is 0 Å². The maximum absolute atomic E-state index is 5.62. The number of fused-ring (bicyclic) bond motifs is 2. The van der Waals surface area contributed by atoms with Crippen LogP contribution in [-0.4, -0.2) is 19.9 Å². The van der Waals surface area contributed by atoms with Crippen molar-refractivity contribution in [3.05, 3.63) is 17.2 Å². The minimum atomic E-state index is 0.301. The summed E-state index contributed by atoms with van der Waals surface area (Å²) in [7, 11) is 0. The van der Waals surface area contributed by atoms with E-state index in [2.05, 4.69) is 0 Å². The Balaban J connectivity index is 2.16. The Morgan fingerprint density at radius 1 is 1.20 bits per heavy atom.